The molecule has 9 N–H and O–H groups in total. The standard InChI is InChI=1S/C47H81N5O18/c1-2-3-16-35(44(59)60)17-13-11-9-7-5-4-6-8-10-12-14-19-40(55)51-37(46(63)64)20-22-39(54)48-24-27-67-29-31-69-33-42(57)49-25-28-68-30-32-70-34-43(58)52-38(47(65)66)21-23-41(56)50-36(45(61)62)18-15-26-53/h26,35-38H,2-25,27-34H2,1H3,(H,48,54)(H,49,57)(H,50,56)(H,51,55)(H,52,58)(H,59,60)(H,61,62)(H,63,64)(H,65,66)/t35?,36-,37-,38-/m0/s1. The monoisotopic (exact) mass is 1000 g/mol. The van der Waals surface area contributed by atoms with E-state index < -0.39 is 78.7 Å². The summed E-state index contributed by atoms with van der Waals surface area (Å²) in [7, 11) is 0. The number of unbranched alkanes of at least 4 members (excludes halogenated alkanes) is 11. The average Bonchev–Trinajstić information content (AvgIpc) is 3.31. The number of carboxylic acids is 4. The fraction of sp³-hybridized carbons (Fsp3) is 0.787. The van der Waals surface area contributed by atoms with Crippen LogP contribution in [0.4, 0.5) is 0 Å². The molecule has 0 fully saturated rings. The number of aliphatic carboxylic acids is 4. The molecule has 0 saturated heterocycles. The van der Waals surface area contributed by atoms with Crippen LogP contribution in [0.15, 0.2) is 0 Å². The predicted molar refractivity (Wildman–Crippen MR) is 252 cm³/mol. The number of hydrogen-bond donors (Lipinski definition) is 9. The van der Waals surface area contributed by atoms with E-state index in [1.54, 1.807) is 0 Å². The van der Waals surface area contributed by atoms with Gasteiger partial charge in [0.15, 0.2) is 0 Å². The zero-order valence-corrected chi connectivity index (χ0v) is 41.0. The first-order valence-corrected chi connectivity index (χ1v) is 24.7. The van der Waals surface area contributed by atoms with Gasteiger partial charge in [0.05, 0.1) is 45.6 Å². The van der Waals surface area contributed by atoms with Gasteiger partial charge in [0, 0.05) is 38.8 Å². The Bertz CT molecular complexity index is 1540. The molecule has 0 saturated carbocycles. The maximum absolute atomic E-state index is 12.4. The maximum atomic E-state index is 12.4. The Morgan fingerprint density at radius 3 is 1.30 bits per heavy atom. The van der Waals surface area contributed by atoms with Crippen LogP contribution >= 0.6 is 0 Å². The minimum atomic E-state index is -1.44. The molecule has 1 unspecified atom stereocenters. The third-order valence-electron chi connectivity index (χ3n) is 10.9. The number of rotatable bonds is 49. The van der Waals surface area contributed by atoms with E-state index in [1.807, 2.05) is 0 Å². The molecule has 5 amide bonds. The van der Waals surface area contributed by atoms with Crippen molar-refractivity contribution in [1.29, 1.82) is 0 Å². The minimum Gasteiger partial charge on any atom is -0.481 e. The van der Waals surface area contributed by atoms with Crippen LogP contribution in [0.2, 0.25) is 0 Å². The Kier molecular flexibility index (Phi) is 40.5. The van der Waals surface area contributed by atoms with Crippen molar-refractivity contribution in [3.63, 3.8) is 0 Å². The van der Waals surface area contributed by atoms with Gasteiger partial charge in [0.25, 0.3) is 0 Å². The Balaban J connectivity index is 3.87. The van der Waals surface area contributed by atoms with Crippen molar-refractivity contribution in [1.82, 2.24) is 26.6 Å². The fourth-order valence-electron chi connectivity index (χ4n) is 6.87. The number of carbonyl (C=O) groups is 10. The summed E-state index contributed by atoms with van der Waals surface area (Å²) in [5, 5.41) is 49.5. The van der Waals surface area contributed by atoms with Gasteiger partial charge in [0.2, 0.25) is 29.5 Å². The summed E-state index contributed by atoms with van der Waals surface area (Å²) in [6.07, 6.45) is 14.5. The fourth-order valence-corrected chi connectivity index (χ4v) is 6.87. The molecular formula is C47H81N5O18. The van der Waals surface area contributed by atoms with E-state index in [0.717, 1.165) is 89.9 Å². The van der Waals surface area contributed by atoms with Crippen LogP contribution in [0.1, 0.15) is 148 Å². The molecule has 0 bridgehead atoms. The summed E-state index contributed by atoms with van der Waals surface area (Å²) in [6.45, 7) is 2.19. The Morgan fingerprint density at radius 1 is 0.414 bits per heavy atom. The van der Waals surface area contributed by atoms with Gasteiger partial charge in [-0.2, -0.15) is 0 Å². The molecule has 0 rings (SSSR count). The summed E-state index contributed by atoms with van der Waals surface area (Å²) in [5.41, 5.74) is 0. The molecule has 0 aliphatic heterocycles. The van der Waals surface area contributed by atoms with E-state index in [1.165, 1.54) is 0 Å². The number of carboxylic acid groups (broad SMARTS) is 4. The van der Waals surface area contributed by atoms with Gasteiger partial charge < -0.3 is 70.8 Å². The Morgan fingerprint density at radius 2 is 0.814 bits per heavy atom. The number of aldehydes is 1. The highest BCUT2D eigenvalue weighted by atomic mass is 16.5. The lowest BCUT2D eigenvalue weighted by atomic mass is 9.95. The van der Waals surface area contributed by atoms with Crippen LogP contribution in [0, 0.1) is 5.92 Å². The SMILES string of the molecule is CCCCC(CCCCCCCCCCCCCC(=O)N[C@@H](CCC(=O)NCCOCCOCC(=O)NCCOCCOCC(=O)N[C@@H](CCC(=O)N[C@@H](CCC=O)C(=O)O)C(=O)O)C(=O)O)C(=O)O. The number of amides is 5. The molecule has 402 valence electrons. The summed E-state index contributed by atoms with van der Waals surface area (Å²) in [5.74, 6) is -7.53. The van der Waals surface area contributed by atoms with Gasteiger partial charge in [-0.3, -0.25) is 28.8 Å². The lowest BCUT2D eigenvalue weighted by Crippen LogP contribution is -2.44. The molecule has 0 aliphatic rings. The number of ether oxygens (including phenoxy) is 4. The molecule has 0 heterocycles. The third kappa shape index (κ3) is 38.6. The van der Waals surface area contributed by atoms with Crippen molar-refractivity contribution in [2.24, 2.45) is 5.92 Å². The molecule has 70 heavy (non-hydrogen) atoms. The predicted octanol–water partition coefficient (Wildman–Crippen LogP) is 2.50. The lowest BCUT2D eigenvalue weighted by molar-refractivity contribution is -0.144. The summed E-state index contributed by atoms with van der Waals surface area (Å²) < 4.78 is 21.1. The van der Waals surface area contributed by atoms with E-state index in [2.05, 4.69) is 33.5 Å². The lowest BCUT2D eigenvalue weighted by Gasteiger charge is -2.16. The molecule has 23 heteroatoms. The summed E-state index contributed by atoms with van der Waals surface area (Å²) in [4.78, 5) is 117. The second kappa shape index (κ2) is 43.7. The zero-order chi connectivity index (χ0) is 52.2. The van der Waals surface area contributed by atoms with E-state index in [0.29, 0.717) is 12.7 Å². The first-order valence-electron chi connectivity index (χ1n) is 24.7. The largest absolute Gasteiger partial charge is 0.481 e. The molecule has 0 aromatic carbocycles. The highest BCUT2D eigenvalue weighted by Gasteiger charge is 2.24. The highest BCUT2D eigenvalue weighted by Crippen LogP contribution is 2.19. The molecule has 0 radical (unpaired) electrons. The van der Waals surface area contributed by atoms with Crippen molar-refractivity contribution in [2.75, 3.05) is 65.9 Å². The number of hydrogen-bond acceptors (Lipinski definition) is 14. The van der Waals surface area contributed by atoms with Crippen molar-refractivity contribution in [3.8, 4) is 0 Å². The molecular weight excluding hydrogens is 923 g/mol. The average molecular weight is 1000 g/mol. The Hall–Kier alpha value is -5.26. The maximum Gasteiger partial charge on any atom is 0.326 e. The van der Waals surface area contributed by atoms with Crippen molar-refractivity contribution >= 4 is 59.7 Å². The molecule has 0 aromatic heterocycles. The number of nitrogens with one attached hydrogen (secondary N) is 5. The molecule has 4 atom stereocenters. The van der Waals surface area contributed by atoms with Crippen LogP contribution < -0.4 is 26.6 Å². The minimum absolute atomic E-state index is 0.0250. The van der Waals surface area contributed by atoms with E-state index in [4.69, 9.17) is 24.1 Å². The normalized spacial score (nSPS) is 12.7. The van der Waals surface area contributed by atoms with Crippen LogP contribution in [-0.4, -0.2) is 164 Å². The molecule has 0 aliphatic carbocycles. The van der Waals surface area contributed by atoms with Gasteiger partial charge in [-0.1, -0.05) is 84.0 Å². The topological polar surface area (TPSA) is 349 Å². The van der Waals surface area contributed by atoms with Gasteiger partial charge in [-0.15, -0.1) is 0 Å². The van der Waals surface area contributed by atoms with Crippen LogP contribution in [-0.2, 0) is 66.9 Å². The second-order valence-electron chi connectivity index (χ2n) is 16.8. The van der Waals surface area contributed by atoms with Gasteiger partial charge in [0.1, 0.15) is 37.6 Å². The van der Waals surface area contributed by atoms with Crippen LogP contribution in [0.25, 0.3) is 0 Å². The summed E-state index contributed by atoms with van der Waals surface area (Å²) in [6, 6.07) is -3.92. The van der Waals surface area contributed by atoms with Gasteiger partial charge in [-0.05, 0) is 38.5 Å². The molecule has 23 nitrogen and oxygen atoms in total. The van der Waals surface area contributed by atoms with Gasteiger partial charge in [-0.25, -0.2) is 14.4 Å². The summed E-state index contributed by atoms with van der Waals surface area (Å²) >= 11 is 0. The first-order chi connectivity index (χ1) is 33.6. The third-order valence-corrected chi connectivity index (χ3v) is 10.9. The van der Waals surface area contributed by atoms with Crippen molar-refractivity contribution in [2.45, 2.75) is 166 Å². The van der Waals surface area contributed by atoms with Crippen molar-refractivity contribution in [3.05, 3.63) is 0 Å². The first kappa shape index (κ1) is 64.7. The molecule has 0 aromatic rings. The van der Waals surface area contributed by atoms with E-state index in [-0.39, 0.29) is 110 Å². The zero-order valence-electron chi connectivity index (χ0n) is 41.0. The van der Waals surface area contributed by atoms with Gasteiger partial charge >= 0.3 is 23.9 Å². The van der Waals surface area contributed by atoms with Crippen LogP contribution in [0.3, 0.4) is 0 Å². The molecule has 0 spiro atoms. The Labute approximate surface area is 411 Å². The highest BCUT2D eigenvalue weighted by molar-refractivity contribution is 5.87. The van der Waals surface area contributed by atoms with Crippen molar-refractivity contribution < 1.29 is 87.3 Å². The van der Waals surface area contributed by atoms with E-state index >= 15 is 0 Å². The van der Waals surface area contributed by atoms with Crippen LogP contribution in [0.5, 0.6) is 0 Å². The second-order valence-corrected chi connectivity index (χ2v) is 16.8. The smallest absolute Gasteiger partial charge is 0.326 e. The van der Waals surface area contributed by atoms with E-state index in [9.17, 15) is 63.3 Å². The number of carbonyl (C=O) groups excluding carboxylic acids is 6. The quantitative estimate of drug-likeness (QED) is 0.0312.